The van der Waals surface area contributed by atoms with Crippen molar-refractivity contribution >= 4 is 21.5 Å². The zero-order valence-corrected chi connectivity index (χ0v) is 15.3. The van der Waals surface area contributed by atoms with Crippen molar-refractivity contribution in [2.45, 2.75) is 43.9 Å². The number of hydrogen-bond acceptors (Lipinski definition) is 2. The SMILES string of the molecule is Cc1ccc(S(=O)(=O)/N=C(/Nc2ccccc2)C2CCCCC2)cc1. The molecule has 0 amide bonds. The highest BCUT2D eigenvalue weighted by Gasteiger charge is 2.23. The summed E-state index contributed by atoms with van der Waals surface area (Å²) in [5.41, 5.74) is 1.89. The lowest BCUT2D eigenvalue weighted by molar-refractivity contribution is 0.439. The van der Waals surface area contributed by atoms with E-state index in [-0.39, 0.29) is 10.8 Å². The number of amidine groups is 1. The van der Waals surface area contributed by atoms with Crippen LogP contribution < -0.4 is 5.32 Å². The van der Waals surface area contributed by atoms with Crippen LogP contribution >= 0.6 is 0 Å². The van der Waals surface area contributed by atoms with Gasteiger partial charge in [0, 0.05) is 11.6 Å². The molecule has 1 aliphatic rings. The topological polar surface area (TPSA) is 58.5 Å². The number of hydrogen-bond donors (Lipinski definition) is 1. The van der Waals surface area contributed by atoms with Crippen LogP contribution in [-0.4, -0.2) is 14.3 Å². The Morgan fingerprint density at radius 1 is 0.960 bits per heavy atom. The van der Waals surface area contributed by atoms with E-state index in [1.54, 1.807) is 24.3 Å². The molecule has 2 aromatic rings. The number of aryl methyl sites for hydroxylation is 1. The van der Waals surface area contributed by atoms with Gasteiger partial charge in [-0.1, -0.05) is 55.2 Å². The molecule has 4 nitrogen and oxygen atoms in total. The van der Waals surface area contributed by atoms with Crippen LogP contribution in [0.1, 0.15) is 37.7 Å². The third-order valence-corrected chi connectivity index (χ3v) is 5.88. The molecule has 1 fully saturated rings. The van der Waals surface area contributed by atoms with Gasteiger partial charge in [-0.2, -0.15) is 8.42 Å². The van der Waals surface area contributed by atoms with E-state index < -0.39 is 10.0 Å². The molecule has 0 spiro atoms. The molecule has 0 saturated heterocycles. The third kappa shape index (κ3) is 4.69. The van der Waals surface area contributed by atoms with Gasteiger partial charge in [-0.25, -0.2) is 0 Å². The number of nitrogens with one attached hydrogen (secondary N) is 1. The van der Waals surface area contributed by atoms with E-state index in [1.807, 2.05) is 37.3 Å². The Morgan fingerprint density at radius 3 is 2.24 bits per heavy atom. The lowest BCUT2D eigenvalue weighted by Crippen LogP contribution is -2.26. The molecular formula is C20H24N2O2S. The molecule has 0 radical (unpaired) electrons. The quantitative estimate of drug-likeness (QED) is 0.634. The van der Waals surface area contributed by atoms with Crippen LogP contribution in [0.25, 0.3) is 0 Å². The van der Waals surface area contributed by atoms with Crippen LogP contribution in [0.4, 0.5) is 5.69 Å². The monoisotopic (exact) mass is 356 g/mol. The Hall–Kier alpha value is -2.14. The minimum absolute atomic E-state index is 0.161. The number of para-hydroxylation sites is 1. The van der Waals surface area contributed by atoms with Crippen molar-refractivity contribution in [1.29, 1.82) is 0 Å². The van der Waals surface area contributed by atoms with Crippen LogP contribution in [0.2, 0.25) is 0 Å². The molecule has 1 aliphatic carbocycles. The van der Waals surface area contributed by atoms with Crippen molar-refractivity contribution in [3.63, 3.8) is 0 Å². The summed E-state index contributed by atoms with van der Waals surface area (Å²) in [6, 6.07) is 16.5. The summed E-state index contributed by atoms with van der Waals surface area (Å²) in [4.78, 5) is 0.237. The van der Waals surface area contributed by atoms with E-state index >= 15 is 0 Å². The van der Waals surface area contributed by atoms with Gasteiger partial charge in [0.1, 0.15) is 5.84 Å². The number of nitrogens with zero attached hydrogens (tertiary/aromatic N) is 1. The van der Waals surface area contributed by atoms with Crippen molar-refractivity contribution in [2.75, 3.05) is 5.32 Å². The highest BCUT2D eigenvalue weighted by atomic mass is 32.2. The Balaban J connectivity index is 1.94. The van der Waals surface area contributed by atoms with E-state index in [0.29, 0.717) is 5.84 Å². The maximum absolute atomic E-state index is 12.8. The van der Waals surface area contributed by atoms with Crippen molar-refractivity contribution in [3.8, 4) is 0 Å². The van der Waals surface area contributed by atoms with E-state index in [9.17, 15) is 8.42 Å². The minimum Gasteiger partial charge on any atom is -0.343 e. The molecule has 0 aromatic heterocycles. The smallest absolute Gasteiger partial charge is 0.283 e. The number of benzene rings is 2. The van der Waals surface area contributed by atoms with Crippen molar-refractivity contribution in [1.82, 2.24) is 0 Å². The van der Waals surface area contributed by atoms with Gasteiger partial charge in [-0.05, 0) is 44.0 Å². The second-order valence-corrected chi connectivity index (χ2v) is 8.19. The van der Waals surface area contributed by atoms with Crippen LogP contribution in [0.5, 0.6) is 0 Å². The van der Waals surface area contributed by atoms with Gasteiger partial charge in [-0.3, -0.25) is 0 Å². The van der Waals surface area contributed by atoms with Crippen LogP contribution in [-0.2, 0) is 10.0 Å². The maximum Gasteiger partial charge on any atom is 0.283 e. The highest BCUT2D eigenvalue weighted by molar-refractivity contribution is 7.90. The molecule has 0 heterocycles. The molecule has 0 bridgehead atoms. The Bertz CT molecular complexity index is 822. The minimum atomic E-state index is -3.72. The second kappa shape index (κ2) is 7.83. The summed E-state index contributed by atoms with van der Waals surface area (Å²) in [5, 5.41) is 3.26. The van der Waals surface area contributed by atoms with Crippen molar-refractivity contribution < 1.29 is 8.42 Å². The predicted octanol–water partition coefficient (Wildman–Crippen LogP) is 4.77. The molecule has 25 heavy (non-hydrogen) atoms. The largest absolute Gasteiger partial charge is 0.343 e. The molecule has 3 rings (SSSR count). The average molecular weight is 356 g/mol. The van der Waals surface area contributed by atoms with E-state index in [0.717, 1.165) is 36.9 Å². The van der Waals surface area contributed by atoms with Crippen molar-refractivity contribution in [2.24, 2.45) is 10.3 Å². The first kappa shape index (κ1) is 17.7. The fourth-order valence-electron chi connectivity index (χ4n) is 3.14. The molecule has 0 unspecified atom stereocenters. The normalized spacial score (nSPS) is 16.6. The van der Waals surface area contributed by atoms with E-state index in [4.69, 9.17) is 0 Å². The van der Waals surface area contributed by atoms with Crippen LogP contribution in [0.15, 0.2) is 63.9 Å². The van der Waals surface area contributed by atoms with Crippen molar-refractivity contribution in [3.05, 3.63) is 60.2 Å². The number of sulfonamides is 1. The van der Waals surface area contributed by atoms with E-state index in [1.165, 1.54) is 6.42 Å². The summed E-state index contributed by atoms with van der Waals surface area (Å²) in [6.07, 6.45) is 5.39. The van der Waals surface area contributed by atoms with Gasteiger partial charge in [0.05, 0.1) is 4.90 Å². The number of rotatable bonds is 4. The Labute approximate surface area is 150 Å². The molecule has 1 saturated carbocycles. The molecule has 2 aromatic carbocycles. The lowest BCUT2D eigenvalue weighted by atomic mass is 9.88. The third-order valence-electron chi connectivity index (χ3n) is 4.58. The van der Waals surface area contributed by atoms with Gasteiger partial charge in [-0.15, -0.1) is 4.40 Å². The molecule has 1 N–H and O–H groups in total. The summed E-state index contributed by atoms with van der Waals surface area (Å²) >= 11 is 0. The highest BCUT2D eigenvalue weighted by Crippen LogP contribution is 2.27. The fraction of sp³-hybridized carbons (Fsp3) is 0.350. The first-order valence-corrected chi connectivity index (χ1v) is 10.2. The summed E-state index contributed by atoms with van der Waals surface area (Å²) in [5.74, 6) is 0.723. The Morgan fingerprint density at radius 2 is 1.60 bits per heavy atom. The summed E-state index contributed by atoms with van der Waals surface area (Å²) in [6.45, 7) is 1.93. The van der Waals surface area contributed by atoms with Gasteiger partial charge in [0.25, 0.3) is 10.0 Å². The van der Waals surface area contributed by atoms with Gasteiger partial charge >= 0.3 is 0 Å². The molecule has 0 atom stereocenters. The van der Waals surface area contributed by atoms with Gasteiger partial charge in [0.15, 0.2) is 0 Å². The molecule has 132 valence electrons. The fourth-order valence-corrected chi connectivity index (χ4v) is 4.18. The summed E-state index contributed by atoms with van der Waals surface area (Å²) in [7, 11) is -3.72. The lowest BCUT2D eigenvalue weighted by Gasteiger charge is -2.24. The van der Waals surface area contributed by atoms with Crippen LogP contribution in [0, 0.1) is 12.8 Å². The van der Waals surface area contributed by atoms with Gasteiger partial charge < -0.3 is 5.32 Å². The Kier molecular flexibility index (Phi) is 5.53. The second-order valence-electron chi connectivity index (χ2n) is 6.59. The zero-order chi connectivity index (χ0) is 17.7. The maximum atomic E-state index is 12.8. The molecule has 0 aliphatic heterocycles. The van der Waals surface area contributed by atoms with Crippen LogP contribution in [0.3, 0.4) is 0 Å². The zero-order valence-electron chi connectivity index (χ0n) is 14.5. The summed E-state index contributed by atoms with van der Waals surface area (Å²) < 4.78 is 29.7. The standard InChI is InChI=1S/C20H24N2O2S/c1-16-12-14-19(15-13-16)25(23,24)22-20(17-8-4-2-5-9-17)21-18-10-6-3-7-11-18/h3,6-7,10-15,17H,2,4-5,8-9H2,1H3,(H,21,22). The first-order valence-electron chi connectivity index (χ1n) is 8.78. The first-order chi connectivity index (χ1) is 12.0. The van der Waals surface area contributed by atoms with Gasteiger partial charge in [0.2, 0.25) is 0 Å². The van der Waals surface area contributed by atoms with E-state index in [2.05, 4.69) is 9.71 Å². The molecule has 5 heteroatoms. The average Bonchev–Trinajstić information content (AvgIpc) is 2.63. The predicted molar refractivity (Wildman–Crippen MR) is 102 cm³/mol. The number of anilines is 1. The molecular weight excluding hydrogens is 332 g/mol.